The van der Waals surface area contributed by atoms with Gasteiger partial charge in [0.2, 0.25) is 0 Å². The van der Waals surface area contributed by atoms with E-state index in [9.17, 15) is 9.59 Å². The molecule has 0 aromatic heterocycles. The number of thioether (sulfide) groups is 1. The Morgan fingerprint density at radius 3 is 2.46 bits per heavy atom. The van der Waals surface area contributed by atoms with Crippen LogP contribution < -0.4 is 5.32 Å². The molecule has 2 aromatic rings. The number of hydrogen-bond donors (Lipinski definition) is 1. The van der Waals surface area contributed by atoms with Crippen LogP contribution in [0.15, 0.2) is 47.4 Å². The average molecular weight is 412 g/mol. The number of ether oxygens (including phenoxy) is 1. The number of esters is 1. The van der Waals surface area contributed by atoms with Gasteiger partial charge in [-0.25, -0.2) is 0 Å². The number of nitrogens with one attached hydrogen (secondary N) is 1. The zero-order valence-corrected chi connectivity index (χ0v) is 16.8. The van der Waals surface area contributed by atoms with Gasteiger partial charge in [0.25, 0.3) is 5.91 Å². The molecule has 0 fully saturated rings. The first-order valence-corrected chi connectivity index (χ1v) is 9.72. The largest absolute Gasteiger partial charge is 0.455 e. The van der Waals surface area contributed by atoms with Gasteiger partial charge in [0, 0.05) is 15.6 Å². The summed E-state index contributed by atoms with van der Waals surface area (Å²) in [5, 5.41) is 3.74. The van der Waals surface area contributed by atoms with E-state index in [4.69, 9.17) is 27.9 Å². The van der Waals surface area contributed by atoms with Crippen molar-refractivity contribution in [1.82, 2.24) is 0 Å². The van der Waals surface area contributed by atoms with Crippen molar-refractivity contribution >= 4 is 52.5 Å². The second kappa shape index (κ2) is 9.86. The van der Waals surface area contributed by atoms with Gasteiger partial charge in [-0.2, -0.15) is 0 Å². The molecule has 0 saturated heterocycles. The van der Waals surface area contributed by atoms with Crippen molar-refractivity contribution in [3.63, 3.8) is 0 Å². The lowest BCUT2D eigenvalue weighted by molar-refractivity contribution is -0.144. The molecule has 0 aliphatic rings. The third kappa shape index (κ3) is 6.56. The van der Waals surface area contributed by atoms with Crippen LogP contribution in [0, 0.1) is 0 Å². The molecule has 4 nitrogen and oxygen atoms in total. The highest BCUT2D eigenvalue weighted by molar-refractivity contribution is 8.00. The fourth-order valence-electron chi connectivity index (χ4n) is 2.06. The summed E-state index contributed by atoms with van der Waals surface area (Å²) in [6.07, 6.45) is 0. The van der Waals surface area contributed by atoms with Crippen molar-refractivity contribution < 1.29 is 14.3 Å². The quantitative estimate of drug-likeness (QED) is 0.489. The van der Waals surface area contributed by atoms with E-state index in [1.807, 2.05) is 24.3 Å². The zero-order valence-electron chi connectivity index (χ0n) is 14.4. The lowest BCUT2D eigenvalue weighted by Gasteiger charge is -2.09. The Balaban J connectivity index is 1.76. The molecule has 0 heterocycles. The zero-order chi connectivity index (χ0) is 19.1. The molecule has 0 atom stereocenters. The van der Waals surface area contributed by atoms with Crippen molar-refractivity contribution in [1.29, 1.82) is 0 Å². The molecular weight excluding hydrogens is 393 g/mol. The second-order valence-corrected chi connectivity index (χ2v) is 7.71. The molecule has 26 heavy (non-hydrogen) atoms. The van der Waals surface area contributed by atoms with Crippen molar-refractivity contribution in [3.05, 3.63) is 58.1 Å². The maximum absolute atomic E-state index is 11.9. The van der Waals surface area contributed by atoms with E-state index in [0.717, 1.165) is 0 Å². The molecule has 138 valence electrons. The number of amides is 1. The van der Waals surface area contributed by atoms with Crippen molar-refractivity contribution in [2.45, 2.75) is 24.7 Å². The third-order valence-electron chi connectivity index (χ3n) is 3.46. The van der Waals surface area contributed by atoms with Crippen LogP contribution in [-0.4, -0.2) is 24.2 Å². The van der Waals surface area contributed by atoms with Gasteiger partial charge in [0.15, 0.2) is 6.61 Å². The van der Waals surface area contributed by atoms with E-state index in [0.29, 0.717) is 26.5 Å². The molecule has 0 unspecified atom stereocenters. The monoisotopic (exact) mass is 411 g/mol. The molecule has 0 spiro atoms. The first-order chi connectivity index (χ1) is 12.3. The highest BCUT2D eigenvalue weighted by Gasteiger charge is 2.11. The van der Waals surface area contributed by atoms with Crippen molar-refractivity contribution in [3.8, 4) is 0 Å². The van der Waals surface area contributed by atoms with E-state index in [1.165, 1.54) is 17.3 Å². The Morgan fingerprint density at radius 1 is 1.12 bits per heavy atom. The Labute approximate surface area is 167 Å². The summed E-state index contributed by atoms with van der Waals surface area (Å²) in [7, 11) is 0. The number of halogens is 2. The smallest absolute Gasteiger partial charge is 0.316 e. The van der Waals surface area contributed by atoms with Crippen LogP contribution in [0.3, 0.4) is 0 Å². The molecule has 7 heteroatoms. The molecule has 2 rings (SSSR count). The fourth-order valence-corrected chi connectivity index (χ4v) is 3.35. The van der Waals surface area contributed by atoms with Gasteiger partial charge in [-0.3, -0.25) is 9.59 Å². The predicted molar refractivity (Wildman–Crippen MR) is 107 cm³/mol. The summed E-state index contributed by atoms with van der Waals surface area (Å²) in [6.45, 7) is 3.86. The van der Waals surface area contributed by atoms with Crippen LogP contribution in [0.2, 0.25) is 10.0 Å². The molecule has 0 aliphatic carbocycles. The van der Waals surface area contributed by atoms with E-state index < -0.39 is 5.97 Å². The van der Waals surface area contributed by atoms with Gasteiger partial charge >= 0.3 is 5.97 Å². The van der Waals surface area contributed by atoms with Gasteiger partial charge in [-0.1, -0.05) is 49.2 Å². The van der Waals surface area contributed by atoms with Crippen LogP contribution in [0.1, 0.15) is 25.3 Å². The summed E-state index contributed by atoms with van der Waals surface area (Å²) in [5.74, 6) is -0.430. The van der Waals surface area contributed by atoms with E-state index in [2.05, 4.69) is 19.2 Å². The average Bonchev–Trinajstić information content (AvgIpc) is 2.61. The molecule has 0 aliphatic heterocycles. The number of carbonyl (C=O) groups is 2. The van der Waals surface area contributed by atoms with Crippen molar-refractivity contribution in [2.24, 2.45) is 0 Å². The molecule has 1 N–H and O–H groups in total. The Morgan fingerprint density at radius 2 is 1.81 bits per heavy atom. The van der Waals surface area contributed by atoms with Crippen LogP contribution >= 0.6 is 35.0 Å². The molecular formula is C19H19Cl2NO3S. The Hall–Kier alpha value is -1.69. The molecule has 1 amide bonds. The standard InChI is InChI=1S/C19H19Cl2NO3S/c1-12(2)13-3-6-15(7-4-13)22-18(23)10-25-19(24)11-26-17-9-14(20)5-8-16(17)21/h3-9,12H,10-11H2,1-2H3,(H,22,23). The minimum absolute atomic E-state index is 0.0381. The lowest BCUT2D eigenvalue weighted by atomic mass is 10.0. The van der Waals surface area contributed by atoms with Gasteiger partial charge in [-0.05, 0) is 41.8 Å². The molecule has 0 saturated carbocycles. The van der Waals surface area contributed by atoms with Gasteiger partial charge in [0.05, 0.1) is 10.8 Å². The summed E-state index contributed by atoms with van der Waals surface area (Å²) in [5.41, 5.74) is 1.85. The maximum atomic E-state index is 11.9. The maximum Gasteiger partial charge on any atom is 0.316 e. The number of anilines is 1. The number of hydrogen-bond acceptors (Lipinski definition) is 4. The van der Waals surface area contributed by atoms with E-state index in [1.54, 1.807) is 18.2 Å². The lowest BCUT2D eigenvalue weighted by Crippen LogP contribution is -2.21. The number of carbonyl (C=O) groups excluding carboxylic acids is 2. The first kappa shape index (κ1) is 20.6. The minimum atomic E-state index is -0.503. The highest BCUT2D eigenvalue weighted by Crippen LogP contribution is 2.29. The SMILES string of the molecule is CC(C)c1ccc(NC(=O)COC(=O)CSc2cc(Cl)ccc2Cl)cc1. The molecule has 0 radical (unpaired) electrons. The van der Waals surface area contributed by atoms with Gasteiger partial charge in [-0.15, -0.1) is 11.8 Å². The normalized spacial score (nSPS) is 10.7. The van der Waals surface area contributed by atoms with Gasteiger partial charge in [0.1, 0.15) is 0 Å². The molecule has 2 aromatic carbocycles. The third-order valence-corrected chi connectivity index (χ3v) is 5.17. The molecule has 0 bridgehead atoms. The highest BCUT2D eigenvalue weighted by atomic mass is 35.5. The van der Waals surface area contributed by atoms with E-state index >= 15 is 0 Å². The predicted octanol–water partition coefficient (Wildman–Crippen LogP) is 5.39. The number of benzene rings is 2. The minimum Gasteiger partial charge on any atom is -0.455 e. The van der Waals surface area contributed by atoms with Crippen LogP contribution in [0.25, 0.3) is 0 Å². The summed E-state index contributed by atoms with van der Waals surface area (Å²) in [4.78, 5) is 24.4. The summed E-state index contributed by atoms with van der Waals surface area (Å²) >= 11 is 13.1. The first-order valence-electron chi connectivity index (χ1n) is 7.98. The summed E-state index contributed by atoms with van der Waals surface area (Å²) < 4.78 is 4.98. The Bertz CT molecular complexity index is 779. The Kier molecular flexibility index (Phi) is 7.82. The van der Waals surface area contributed by atoms with Crippen LogP contribution in [0.4, 0.5) is 5.69 Å². The topological polar surface area (TPSA) is 55.4 Å². The number of rotatable bonds is 7. The van der Waals surface area contributed by atoms with Crippen LogP contribution in [-0.2, 0) is 14.3 Å². The fraction of sp³-hybridized carbons (Fsp3) is 0.263. The second-order valence-electron chi connectivity index (χ2n) is 5.85. The van der Waals surface area contributed by atoms with E-state index in [-0.39, 0.29) is 18.3 Å². The van der Waals surface area contributed by atoms with Gasteiger partial charge < -0.3 is 10.1 Å². The summed E-state index contributed by atoms with van der Waals surface area (Å²) in [6, 6.07) is 12.6. The van der Waals surface area contributed by atoms with Crippen LogP contribution in [0.5, 0.6) is 0 Å². The van der Waals surface area contributed by atoms with Crippen molar-refractivity contribution in [2.75, 3.05) is 17.7 Å².